The van der Waals surface area contributed by atoms with Gasteiger partial charge in [-0.2, -0.15) is 0 Å². The van der Waals surface area contributed by atoms with Gasteiger partial charge in [-0.1, -0.05) is 6.07 Å². The molecule has 0 spiro atoms. The monoisotopic (exact) mass is 356 g/mol. The second-order valence-corrected chi connectivity index (χ2v) is 5.10. The third kappa shape index (κ3) is 4.19. The van der Waals surface area contributed by atoms with E-state index in [-0.39, 0.29) is 29.0 Å². The Morgan fingerprint density at radius 3 is 2.35 bits per heavy atom. The van der Waals surface area contributed by atoms with Crippen molar-refractivity contribution >= 4 is 17.3 Å². The lowest BCUT2D eigenvalue weighted by molar-refractivity contribution is -0.385. The van der Waals surface area contributed by atoms with Crippen LogP contribution in [0.5, 0.6) is 5.75 Å². The van der Waals surface area contributed by atoms with Crippen molar-refractivity contribution in [2.24, 2.45) is 0 Å². The highest BCUT2D eigenvalue weighted by atomic mass is 16.6. The van der Waals surface area contributed by atoms with E-state index in [0.29, 0.717) is 0 Å². The van der Waals surface area contributed by atoms with Gasteiger partial charge in [-0.05, 0) is 23.8 Å². The predicted octanol–water partition coefficient (Wildman–Crippen LogP) is 2.78. The van der Waals surface area contributed by atoms with Gasteiger partial charge in [0.2, 0.25) is 5.75 Å². The number of hydrogen-bond acceptors (Lipinski definition) is 7. The number of esters is 1. The average Bonchev–Trinajstić information content (AvgIpc) is 2.62. The summed E-state index contributed by atoms with van der Waals surface area (Å²) in [6.45, 7) is 0. The number of non-ortho nitro benzene ring substituents is 1. The minimum atomic E-state index is -1.09. The second kappa shape index (κ2) is 7.87. The highest BCUT2D eigenvalue weighted by molar-refractivity contribution is 5.91. The molecule has 0 amide bonds. The van der Waals surface area contributed by atoms with E-state index in [1.807, 2.05) is 0 Å². The molecule has 2 aromatic carbocycles. The van der Waals surface area contributed by atoms with Crippen LogP contribution in [0.4, 0.5) is 11.4 Å². The number of carbonyl (C=O) groups excluding carboxylic acids is 1. The van der Waals surface area contributed by atoms with E-state index in [2.05, 4.69) is 5.92 Å². The maximum absolute atomic E-state index is 12.1. The van der Waals surface area contributed by atoms with Crippen LogP contribution in [0.15, 0.2) is 42.5 Å². The molecule has 0 heterocycles. The number of nitro groups is 2. The molecule has 0 radical (unpaired) electrons. The quantitative estimate of drug-likeness (QED) is 0.276. The van der Waals surface area contributed by atoms with E-state index < -0.39 is 27.6 Å². The molecule has 2 aromatic rings. The first-order chi connectivity index (χ1) is 12.3. The Morgan fingerprint density at radius 2 is 1.81 bits per heavy atom. The maximum atomic E-state index is 12.1. The predicted molar refractivity (Wildman–Crippen MR) is 89.6 cm³/mol. The van der Waals surface area contributed by atoms with E-state index in [9.17, 15) is 30.1 Å². The fraction of sp³-hybridized carbons (Fsp3) is 0.118. The maximum Gasteiger partial charge on any atom is 0.343 e. The third-order valence-electron chi connectivity index (χ3n) is 3.39. The number of rotatable bonds is 6. The van der Waals surface area contributed by atoms with Gasteiger partial charge in [0.15, 0.2) is 0 Å². The zero-order valence-corrected chi connectivity index (χ0v) is 13.2. The zero-order valence-electron chi connectivity index (χ0n) is 13.2. The van der Waals surface area contributed by atoms with E-state index in [1.54, 1.807) is 0 Å². The van der Waals surface area contributed by atoms with Crippen LogP contribution >= 0.6 is 0 Å². The van der Waals surface area contributed by atoms with Crippen molar-refractivity contribution in [3.8, 4) is 18.1 Å². The summed E-state index contributed by atoms with van der Waals surface area (Å²) < 4.78 is 5.02. The Labute approximate surface area is 147 Å². The van der Waals surface area contributed by atoms with Gasteiger partial charge in [0, 0.05) is 24.6 Å². The number of carbonyl (C=O) groups is 1. The summed E-state index contributed by atoms with van der Waals surface area (Å²) in [5.74, 6) is 1.00. The third-order valence-corrected chi connectivity index (χ3v) is 3.39. The number of nitro benzene ring substituents is 2. The van der Waals surface area contributed by atoms with Crippen LogP contribution in [-0.2, 0) is 0 Å². The minimum Gasteiger partial charge on any atom is -0.416 e. The van der Waals surface area contributed by atoms with Gasteiger partial charge in [-0.3, -0.25) is 20.2 Å². The summed E-state index contributed by atoms with van der Waals surface area (Å²) in [4.78, 5) is 32.5. The van der Waals surface area contributed by atoms with Crippen LogP contribution in [0.25, 0.3) is 0 Å². The van der Waals surface area contributed by atoms with Crippen LogP contribution in [0.3, 0.4) is 0 Å². The minimum absolute atomic E-state index is 0.0126. The number of aliphatic hydroxyl groups is 1. The van der Waals surface area contributed by atoms with Gasteiger partial charge in [-0.25, -0.2) is 4.79 Å². The number of benzene rings is 2. The molecule has 2 rings (SSSR count). The van der Waals surface area contributed by atoms with Crippen LogP contribution in [0, 0.1) is 32.6 Å². The molecule has 0 fully saturated rings. The fourth-order valence-corrected chi connectivity index (χ4v) is 2.08. The molecule has 0 bridgehead atoms. The molecule has 9 nitrogen and oxygen atoms in total. The van der Waals surface area contributed by atoms with Crippen molar-refractivity contribution in [2.75, 3.05) is 0 Å². The molecule has 0 aliphatic rings. The number of aliphatic hydroxyl groups excluding tert-OH is 1. The Hall–Kier alpha value is -3.77. The molecule has 9 heteroatoms. The normalized spacial score (nSPS) is 11.2. The van der Waals surface area contributed by atoms with Crippen molar-refractivity contribution in [2.45, 2.75) is 12.5 Å². The first-order valence-electron chi connectivity index (χ1n) is 7.20. The van der Waals surface area contributed by atoms with Gasteiger partial charge >= 0.3 is 11.7 Å². The van der Waals surface area contributed by atoms with Crippen molar-refractivity contribution in [3.63, 3.8) is 0 Å². The number of terminal acetylenes is 1. The lowest BCUT2D eigenvalue weighted by Gasteiger charge is -2.10. The van der Waals surface area contributed by atoms with Crippen LogP contribution < -0.4 is 4.74 Å². The summed E-state index contributed by atoms with van der Waals surface area (Å²) in [5.41, 5.74) is -0.528. The molecule has 132 valence electrons. The lowest BCUT2D eigenvalue weighted by Crippen LogP contribution is -2.10. The average molecular weight is 356 g/mol. The molecule has 0 saturated heterocycles. The molecule has 0 unspecified atom stereocenters. The summed E-state index contributed by atoms with van der Waals surface area (Å²) in [6, 6.07) is 8.19. The van der Waals surface area contributed by atoms with E-state index in [0.717, 1.165) is 18.2 Å². The first kappa shape index (κ1) is 18.6. The van der Waals surface area contributed by atoms with Gasteiger partial charge in [0.1, 0.15) is 0 Å². The number of hydrogen-bond donors (Lipinski definition) is 1. The summed E-state index contributed by atoms with van der Waals surface area (Å²) >= 11 is 0. The molecule has 26 heavy (non-hydrogen) atoms. The van der Waals surface area contributed by atoms with E-state index in [1.165, 1.54) is 24.3 Å². The van der Waals surface area contributed by atoms with Crippen LogP contribution in [-0.4, -0.2) is 20.9 Å². The van der Waals surface area contributed by atoms with Gasteiger partial charge in [-0.15, -0.1) is 12.3 Å². The topological polar surface area (TPSA) is 133 Å². The molecular formula is C17H12N2O7. The van der Waals surface area contributed by atoms with E-state index in [4.69, 9.17) is 11.2 Å². The molecule has 1 atom stereocenters. The molecule has 0 aliphatic heterocycles. The van der Waals surface area contributed by atoms with Gasteiger partial charge in [0.25, 0.3) is 5.69 Å². The number of nitrogens with zero attached hydrogens (tertiary/aromatic N) is 2. The summed E-state index contributed by atoms with van der Waals surface area (Å²) in [7, 11) is 0. The van der Waals surface area contributed by atoms with Crippen molar-refractivity contribution < 1.29 is 24.5 Å². The highest BCUT2D eigenvalue weighted by Gasteiger charge is 2.22. The Balaban J connectivity index is 2.27. The van der Waals surface area contributed by atoms with E-state index >= 15 is 0 Å². The fourth-order valence-electron chi connectivity index (χ4n) is 2.08. The smallest absolute Gasteiger partial charge is 0.343 e. The SMILES string of the molecule is C#CC[C@@H](O)c1ccc(OC(=O)c2ccc([N+](=O)[O-])cc2)c([N+](=O)[O-])c1. The summed E-state index contributed by atoms with van der Waals surface area (Å²) in [5, 5.41) is 31.6. The Bertz CT molecular complexity index is 900. The van der Waals surface area contributed by atoms with Gasteiger partial charge in [0.05, 0.1) is 21.5 Å². The standard InChI is InChI=1S/C17H12N2O7/c1-2-3-15(20)12-6-9-16(14(10-12)19(24)25)26-17(21)11-4-7-13(8-5-11)18(22)23/h1,4-10,15,20H,3H2/t15-/m1/s1. The van der Waals surface area contributed by atoms with Crippen molar-refractivity contribution in [1.29, 1.82) is 0 Å². The molecule has 0 saturated carbocycles. The number of ether oxygens (including phenoxy) is 1. The largest absolute Gasteiger partial charge is 0.416 e. The van der Waals surface area contributed by atoms with Gasteiger partial charge < -0.3 is 9.84 Å². The first-order valence-corrected chi connectivity index (χ1v) is 7.20. The lowest BCUT2D eigenvalue weighted by atomic mass is 10.1. The van der Waals surface area contributed by atoms with Crippen LogP contribution in [0.2, 0.25) is 0 Å². The summed E-state index contributed by atoms with van der Waals surface area (Å²) in [6.07, 6.45) is 3.99. The molecule has 0 aromatic heterocycles. The Kier molecular flexibility index (Phi) is 5.62. The van der Waals surface area contributed by atoms with Crippen molar-refractivity contribution in [3.05, 3.63) is 73.8 Å². The highest BCUT2D eigenvalue weighted by Crippen LogP contribution is 2.31. The Morgan fingerprint density at radius 1 is 1.15 bits per heavy atom. The molecule has 0 aliphatic carbocycles. The molecule has 1 N–H and O–H groups in total. The molecular weight excluding hydrogens is 344 g/mol. The second-order valence-electron chi connectivity index (χ2n) is 5.10. The van der Waals surface area contributed by atoms with Crippen molar-refractivity contribution in [1.82, 2.24) is 0 Å². The zero-order chi connectivity index (χ0) is 19.3. The van der Waals surface area contributed by atoms with Crippen LogP contribution in [0.1, 0.15) is 28.4 Å².